The van der Waals surface area contributed by atoms with Crippen molar-refractivity contribution in [2.24, 2.45) is 0 Å². The van der Waals surface area contributed by atoms with Crippen molar-refractivity contribution in [2.45, 2.75) is 26.7 Å². The zero-order valence-electron chi connectivity index (χ0n) is 8.45. The van der Waals surface area contributed by atoms with Gasteiger partial charge in [-0.1, -0.05) is 12.8 Å². The van der Waals surface area contributed by atoms with E-state index in [-0.39, 0.29) is 13.0 Å². The molecule has 0 aliphatic carbocycles. The molecule has 0 radical (unpaired) electrons. The standard InChI is InChI=1S/C9H14N2O2S/c1-3-7-11(8-5-6-10)14(12,13)9-4-2/h3,5,7-8H2,1-2H3. The van der Waals surface area contributed by atoms with Crippen molar-refractivity contribution in [3.05, 3.63) is 0 Å². The van der Waals surface area contributed by atoms with Crippen molar-refractivity contribution < 1.29 is 8.42 Å². The molecule has 0 aromatic heterocycles. The van der Waals surface area contributed by atoms with Crippen molar-refractivity contribution in [1.29, 1.82) is 5.26 Å². The number of nitrogens with zero attached hydrogens (tertiary/aromatic N) is 2. The Kier molecular flexibility index (Phi) is 5.94. The van der Waals surface area contributed by atoms with Gasteiger partial charge in [-0.3, -0.25) is 0 Å². The molecular formula is C9H14N2O2S. The van der Waals surface area contributed by atoms with Crippen molar-refractivity contribution in [2.75, 3.05) is 13.1 Å². The average molecular weight is 214 g/mol. The Hall–Kier alpha value is -1.04. The number of rotatable bonds is 5. The van der Waals surface area contributed by atoms with Crippen molar-refractivity contribution >= 4 is 10.0 Å². The molecule has 0 bridgehead atoms. The van der Waals surface area contributed by atoms with Crippen LogP contribution in [-0.4, -0.2) is 25.8 Å². The van der Waals surface area contributed by atoms with Gasteiger partial charge in [-0.2, -0.15) is 18.0 Å². The second-order valence-electron chi connectivity index (χ2n) is 2.66. The van der Waals surface area contributed by atoms with E-state index >= 15 is 0 Å². The summed E-state index contributed by atoms with van der Waals surface area (Å²) < 4.78 is 24.2. The Balaban J connectivity index is 4.62. The monoisotopic (exact) mass is 214 g/mol. The molecule has 0 atom stereocenters. The minimum atomic E-state index is -3.49. The first-order chi connectivity index (χ1) is 6.58. The van der Waals surface area contributed by atoms with Crippen LogP contribution in [0, 0.1) is 22.5 Å². The van der Waals surface area contributed by atoms with Crippen LogP contribution >= 0.6 is 0 Å². The number of hydrogen-bond acceptors (Lipinski definition) is 3. The van der Waals surface area contributed by atoms with Crippen LogP contribution in [0.4, 0.5) is 0 Å². The lowest BCUT2D eigenvalue weighted by Gasteiger charge is -2.16. The first-order valence-electron chi connectivity index (χ1n) is 4.39. The average Bonchev–Trinajstić information content (AvgIpc) is 2.11. The molecule has 0 spiro atoms. The molecule has 0 saturated carbocycles. The van der Waals surface area contributed by atoms with Gasteiger partial charge >= 0.3 is 0 Å². The molecule has 0 heterocycles. The van der Waals surface area contributed by atoms with E-state index < -0.39 is 10.0 Å². The van der Waals surface area contributed by atoms with Gasteiger partial charge in [0.2, 0.25) is 0 Å². The van der Waals surface area contributed by atoms with Crippen LogP contribution in [-0.2, 0) is 10.0 Å². The van der Waals surface area contributed by atoms with E-state index in [0.29, 0.717) is 6.54 Å². The lowest BCUT2D eigenvalue weighted by molar-refractivity contribution is 0.425. The smallest absolute Gasteiger partial charge is 0.198 e. The molecule has 0 aromatic carbocycles. The molecule has 0 aliphatic rings. The van der Waals surface area contributed by atoms with Gasteiger partial charge in [0, 0.05) is 24.8 Å². The second-order valence-corrected chi connectivity index (χ2v) is 4.33. The predicted octanol–water partition coefficient (Wildman–Crippen LogP) is 0.923. The van der Waals surface area contributed by atoms with E-state index in [2.05, 4.69) is 11.2 Å². The fourth-order valence-electron chi connectivity index (χ4n) is 0.970. The Labute approximate surface area is 85.6 Å². The maximum absolute atomic E-state index is 11.5. The normalized spacial score (nSPS) is 10.4. The fourth-order valence-corrected chi connectivity index (χ4v) is 2.11. The molecule has 0 aliphatic heterocycles. The maximum atomic E-state index is 11.5. The van der Waals surface area contributed by atoms with Crippen LogP contribution in [0.3, 0.4) is 0 Å². The molecule has 4 nitrogen and oxygen atoms in total. The largest absolute Gasteiger partial charge is 0.282 e. The summed E-state index contributed by atoms with van der Waals surface area (Å²) >= 11 is 0. The van der Waals surface area contributed by atoms with Gasteiger partial charge in [-0.15, -0.1) is 0 Å². The van der Waals surface area contributed by atoms with Gasteiger partial charge in [-0.05, 0) is 13.3 Å². The Morgan fingerprint density at radius 1 is 1.36 bits per heavy atom. The van der Waals surface area contributed by atoms with Crippen molar-refractivity contribution in [3.8, 4) is 17.2 Å². The maximum Gasteiger partial charge on any atom is 0.282 e. The lowest BCUT2D eigenvalue weighted by Crippen LogP contribution is -2.31. The molecule has 0 N–H and O–H groups in total. The van der Waals surface area contributed by atoms with Crippen molar-refractivity contribution in [1.82, 2.24) is 4.31 Å². The molecule has 0 amide bonds. The summed E-state index contributed by atoms with van der Waals surface area (Å²) in [7, 11) is -3.49. The van der Waals surface area contributed by atoms with Crippen LogP contribution in [0.1, 0.15) is 26.7 Å². The molecular weight excluding hydrogens is 200 g/mol. The van der Waals surface area contributed by atoms with Crippen LogP contribution in [0.25, 0.3) is 0 Å². The van der Waals surface area contributed by atoms with Gasteiger partial charge < -0.3 is 0 Å². The minimum absolute atomic E-state index is 0.199. The SMILES string of the molecule is CC#CS(=O)(=O)N(CCC)CCC#N. The Bertz CT molecular complexity index is 356. The summed E-state index contributed by atoms with van der Waals surface area (Å²) in [5.74, 6) is 2.36. The van der Waals surface area contributed by atoms with E-state index in [4.69, 9.17) is 5.26 Å². The zero-order chi connectivity index (χ0) is 11.0. The van der Waals surface area contributed by atoms with Crippen LogP contribution in [0.2, 0.25) is 0 Å². The number of sulfonamides is 1. The van der Waals surface area contributed by atoms with Crippen LogP contribution in [0.5, 0.6) is 0 Å². The number of hydrogen-bond donors (Lipinski definition) is 0. The molecule has 0 saturated heterocycles. The molecule has 78 valence electrons. The summed E-state index contributed by atoms with van der Waals surface area (Å²) in [4.78, 5) is 0. The molecule has 5 heteroatoms. The summed E-state index contributed by atoms with van der Waals surface area (Å²) in [5.41, 5.74) is 0. The summed E-state index contributed by atoms with van der Waals surface area (Å²) in [6, 6.07) is 1.92. The van der Waals surface area contributed by atoms with E-state index in [1.54, 1.807) is 0 Å². The van der Waals surface area contributed by atoms with Gasteiger partial charge in [0.1, 0.15) is 0 Å². The van der Waals surface area contributed by atoms with E-state index in [9.17, 15) is 8.42 Å². The molecule has 14 heavy (non-hydrogen) atoms. The minimum Gasteiger partial charge on any atom is -0.198 e. The molecule has 0 aromatic rings. The number of nitriles is 1. The highest BCUT2D eigenvalue weighted by atomic mass is 32.2. The van der Waals surface area contributed by atoms with Gasteiger partial charge in [0.25, 0.3) is 10.0 Å². The van der Waals surface area contributed by atoms with Gasteiger partial charge in [0.05, 0.1) is 6.07 Å². The van der Waals surface area contributed by atoms with E-state index in [1.807, 2.05) is 13.0 Å². The van der Waals surface area contributed by atoms with Gasteiger partial charge in [0.15, 0.2) is 0 Å². The quantitative estimate of drug-likeness (QED) is 0.639. The second kappa shape index (κ2) is 6.42. The highest BCUT2D eigenvalue weighted by Gasteiger charge is 2.17. The summed E-state index contributed by atoms with van der Waals surface area (Å²) in [6.45, 7) is 4.00. The molecule has 0 fully saturated rings. The first-order valence-corrected chi connectivity index (χ1v) is 5.83. The Morgan fingerprint density at radius 2 is 2.00 bits per heavy atom. The van der Waals surface area contributed by atoms with Crippen LogP contribution < -0.4 is 0 Å². The van der Waals surface area contributed by atoms with Gasteiger partial charge in [-0.25, -0.2) is 0 Å². The molecule has 0 unspecified atom stereocenters. The fraction of sp³-hybridized carbons (Fsp3) is 0.667. The van der Waals surface area contributed by atoms with Crippen molar-refractivity contribution in [3.63, 3.8) is 0 Å². The summed E-state index contributed by atoms with van der Waals surface area (Å²) in [6.07, 6.45) is 0.917. The third-order valence-electron chi connectivity index (χ3n) is 1.52. The zero-order valence-corrected chi connectivity index (χ0v) is 9.26. The summed E-state index contributed by atoms with van der Waals surface area (Å²) in [5, 5.41) is 10.5. The Morgan fingerprint density at radius 3 is 2.43 bits per heavy atom. The molecule has 0 rings (SSSR count). The highest BCUT2D eigenvalue weighted by molar-refractivity contribution is 7.93. The predicted molar refractivity (Wildman–Crippen MR) is 54.5 cm³/mol. The third kappa shape index (κ3) is 4.27. The van der Waals surface area contributed by atoms with E-state index in [1.165, 1.54) is 11.2 Å². The topological polar surface area (TPSA) is 61.2 Å². The van der Waals surface area contributed by atoms with Crippen LogP contribution in [0.15, 0.2) is 0 Å². The highest BCUT2D eigenvalue weighted by Crippen LogP contribution is 2.02. The van der Waals surface area contributed by atoms with E-state index in [0.717, 1.165) is 6.42 Å². The lowest BCUT2D eigenvalue weighted by atomic mass is 10.4. The third-order valence-corrected chi connectivity index (χ3v) is 3.02. The first kappa shape index (κ1) is 13.0.